The predicted molar refractivity (Wildman–Crippen MR) is 128 cm³/mol. The van der Waals surface area contributed by atoms with Gasteiger partial charge in [0.1, 0.15) is 5.76 Å². The molecule has 4 rings (SSSR count). The molecule has 7 nitrogen and oxygen atoms in total. The second-order valence-electron chi connectivity index (χ2n) is 7.42. The Morgan fingerprint density at radius 3 is 2.62 bits per heavy atom. The smallest absolute Gasteiger partial charge is 0.338 e. The fourth-order valence-corrected chi connectivity index (χ4v) is 4.83. The lowest BCUT2D eigenvalue weighted by Crippen LogP contribution is -2.39. The summed E-state index contributed by atoms with van der Waals surface area (Å²) in [6, 6.07) is 10.6. The first-order valence-corrected chi connectivity index (χ1v) is 11.6. The molecule has 2 aromatic heterocycles. The van der Waals surface area contributed by atoms with Crippen LogP contribution in [-0.4, -0.2) is 31.2 Å². The summed E-state index contributed by atoms with van der Waals surface area (Å²) in [6.45, 7) is 3.76. The number of allylic oxidation sites excluding steroid dienone is 1. The van der Waals surface area contributed by atoms with Crippen LogP contribution in [0.1, 0.15) is 31.2 Å². The minimum atomic E-state index is -0.630. The van der Waals surface area contributed by atoms with Crippen molar-refractivity contribution in [2.45, 2.75) is 19.9 Å². The lowest BCUT2D eigenvalue weighted by atomic mass is 9.96. The van der Waals surface area contributed by atoms with E-state index in [0.717, 1.165) is 10.0 Å². The number of carbonyl (C=O) groups excluding carboxylic acids is 1. The van der Waals surface area contributed by atoms with Crippen LogP contribution in [0.15, 0.2) is 66.3 Å². The Labute approximate surface area is 197 Å². The highest BCUT2D eigenvalue weighted by molar-refractivity contribution is 9.10. The van der Waals surface area contributed by atoms with E-state index in [4.69, 9.17) is 9.15 Å². The highest BCUT2D eigenvalue weighted by atomic mass is 79.9. The minimum absolute atomic E-state index is 0.236. The van der Waals surface area contributed by atoms with Crippen LogP contribution in [0.4, 0.5) is 5.88 Å². The molecular formula is C23H22BrN3O4S. The van der Waals surface area contributed by atoms with Crippen molar-refractivity contribution < 1.29 is 13.9 Å². The summed E-state index contributed by atoms with van der Waals surface area (Å²) < 4.78 is 14.0. The summed E-state index contributed by atoms with van der Waals surface area (Å²) in [5.74, 6) is 0.787. The summed E-state index contributed by atoms with van der Waals surface area (Å²) in [7, 11) is 3.77. The summed E-state index contributed by atoms with van der Waals surface area (Å²) in [5, 5.41) is 0. The van der Waals surface area contributed by atoms with Crippen molar-refractivity contribution in [3.05, 3.63) is 83.2 Å². The van der Waals surface area contributed by atoms with E-state index in [2.05, 4.69) is 20.9 Å². The number of carbonyl (C=O) groups is 1. The van der Waals surface area contributed by atoms with Crippen LogP contribution in [0, 0.1) is 0 Å². The maximum absolute atomic E-state index is 13.5. The van der Waals surface area contributed by atoms with Gasteiger partial charge in [-0.25, -0.2) is 9.79 Å². The molecule has 166 valence electrons. The minimum Gasteiger partial charge on any atom is -0.463 e. The van der Waals surface area contributed by atoms with Crippen LogP contribution in [0.25, 0.3) is 6.08 Å². The number of thiazole rings is 1. The first kappa shape index (κ1) is 22.3. The molecule has 0 spiro atoms. The van der Waals surface area contributed by atoms with Crippen LogP contribution < -0.4 is 19.8 Å². The van der Waals surface area contributed by atoms with Crippen LogP contribution in [0.3, 0.4) is 0 Å². The van der Waals surface area contributed by atoms with E-state index < -0.39 is 12.0 Å². The van der Waals surface area contributed by atoms with Gasteiger partial charge in [-0.15, -0.1) is 0 Å². The number of esters is 1. The van der Waals surface area contributed by atoms with E-state index in [-0.39, 0.29) is 12.2 Å². The SMILES string of the molecule is CCOC(=O)C1=C(C)N=c2sc(=Cc3ccc(N(C)C)o3)c(=O)n2[C@H]1c1ccc(Br)cc1. The molecule has 0 radical (unpaired) electrons. The van der Waals surface area contributed by atoms with Crippen molar-refractivity contribution in [1.29, 1.82) is 0 Å². The zero-order valence-electron chi connectivity index (χ0n) is 18.1. The van der Waals surface area contributed by atoms with E-state index >= 15 is 0 Å². The van der Waals surface area contributed by atoms with Crippen molar-refractivity contribution in [2.24, 2.45) is 4.99 Å². The van der Waals surface area contributed by atoms with Gasteiger partial charge in [0.2, 0.25) is 0 Å². The zero-order chi connectivity index (χ0) is 23.0. The Morgan fingerprint density at radius 2 is 2.00 bits per heavy atom. The molecule has 9 heteroatoms. The number of furan rings is 1. The maximum Gasteiger partial charge on any atom is 0.338 e. The van der Waals surface area contributed by atoms with Crippen molar-refractivity contribution in [3.63, 3.8) is 0 Å². The van der Waals surface area contributed by atoms with E-state index in [1.54, 1.807) is 24.5 Å². The van der Waals surface area contributed by atoms with E-state index in [0.29, 0.717) is 32.2 Å². The molecule has 0 aliphatic carbocycles. The average molecular weight is 516 g/mol. The van der Waals surface area contributed by atoms with Gasteiger partial charge >= 0.3 is 5.97 Å². The molecule has 0 saturated carbocycles. The summed E-state index contributed by atoms with van der Waals surface area (Å²) >= 11 is 4.71. The fourth-order valence-electron chi connectivity index (χ4n) is 3.54. The van der Waals surface area contributed by atoms with Crippen LogP contribution in [0.2, 0.25) is 0 Å². The molecule has 0 fully saturated rings. The van der Waals surface area contributed by atoms with Crippen molar-refractivity contribution in [3.8, 4) is 0 Å². The first-order valence-electron chi connectivity index (χ1n) is 10.0. The molecule has 0 unspecified atom stereocenters. The molecule has 1 aliphatic heterocycles. The average Bonchev–Trinajstić information content (AvgIpc) is 3.33. The molecule has 1 aromatic carbocycles. The standard InChI is InChI=1S/C23H22BrN3O4S/c1-5-30-22(29)19-13(2)25-23-27(20(19)14-6-8-15(24)9-7-14)21(28)17(32-23)12-16-10-11-18(31-16)26(3)4/h6-12,20H,5H2,1-4H3/t20-/m0/s1. The quantitative estimate of drug-likeness (QED) is 0.487. The van der Waals surface area contributed by atoms with Crippen molar-refractivity contribution in [1.82, 2.24) is 4.57 Å². The zero-order valence-corrected chi connectivity index (χ0v) is 20.5. The largest absolute Gasteiger partial charge is 0.463 e. The Morgan fingerprint density at radius 1 is 1.28 bits per heavy atom. The van der Waals surface area contributed by atoms with Gasteiger partial charge in [0.25, 0.3) is 5.56 Å². The highest BCUT2D eigenvalue weighted by Gasteiger charge is 2.33. The molecule has 0 bridgehead atoms. The molecule has 3 heterocycles. The maximum atomic E-state index is 13.5. The number of halogens is 1. The third-order valence-corrected chi connectivity index (χ3v) is 6.54. The first-order chi connectivity index (χ1) is 15.3. The van der Waals surface area contributed by atoms with Gasteiger partial charge in [-0.3, -0.25) is 9.36 Å². The molecule has 0 N–H and O–H groups in total. The number of rotatable bonds is 5. The third kappa shape index (κ3) is 4.10. The Hall–Kier alpha value is -2.91. The monoisotopic (exact) mass is 515 g/mol. The van der Waals surface area contributed by atoms with Gasteiger partial charge < -0.3 is 14.1 Å². The van der Waals surface area contributed by atoms with Gasteiger partial charge in [0, 0.05) is 30.7 Å². The normalized spacial score (nSPS) is 16.0. The molecule has 0 saturated heterocycles. The summed E-state index contributed by atoms with van der Waals surface area (Å²) in [6.07, 6.45) is 1.71. The van der Waals surface area contributed by atoms with E-state index in [9.17, 15) is 9.59 Å². The molecular weight excluding hydrogens is 494 g/mol. The van der Waals surface area contributed by atoms with Crippen molar-refractivity contribution >= 4 is 45.2 Å². The molecule has 0 amide bonds. The second-order valence-corrected chi connectivity index (χ2v) is 9.35. The predicted octanol–water partition coefficient (Wildman–Crippen LogP) is 3.22. The number of benzene rings is 1. The number of hydrogen-bond donors (Lipinski definition) is 0. The number of fused-ring (bicyclic) bond motifs is 1. The van der Waals surface area contributed by atoms with Crippen LogP contribution in [-0.2, 0) is 9.53 Å². The lowest BCUT2D eigenvalue weighted by Gasteiger charge is -2.24. The lowest BCUT2D eigenvalue weighted by molar-refractivity contribution is -0.139. The molecule has 32 heavy (non-hydrogen) atoms. The summed E-state index contributed by atoms with van der Waals surface area (Å²) in [5.41, 5.74) is 1.46. The van der Waals surface area contributed by atoms with E-state index in [1.807, 2.05) is 55.4 Å². The van der Waals surface area contributed by atoms with Gasteiger partial charge in [0.05, 0.1) is 28.5 Å². The number of ether oxygens (including phenoxy) is 1. The summed E-state index contributed by atoms with van der Waals surface area (Å²) in [4.78, 5) is 33.3. The number of hydrogen-bond acceptors (Lipinski definition) is 7. The van der Waals surface area contributed by atoms with Gasteiger partial charge in [-0.05, 0) is 37.6 Å². The van der Waals surface area contributed by atoms with E-state index in [1.165, 1.54) is 11.3 Å². The van der Waals surface area contributed by atoms with Crippen LogP contribution >= 0.6 is 27.3 Å². The molecule has 1 atom stereocenters. The number of anilines is 1. The van der Waals surface area contributed by atoms with Crippen LogP contribution in [0.5, 0.6) is 0 Å². The second kappa shape index (κ2) is 8.91. The molecule has 1 aliphatic rings. The highest BCUT2D eigenvalue weighted by Crippen LogP contribution is 2.31. The number of aromatic nitrogens is 1. The van der Waals surface area contributed by atoms with Gasteiger partial charge in [-0.1, -0.05) is 39.4 Å². The van der Waals surface area contributed by atoms with Gasteiger partial charge in [0.15, 0.2) is 10.7 Å². The topological polar surface area (TPSA) is 77.0 Å². The third-order valence-electron chi connectivity index (χ3n) is 5.03. The Kier molecular flexibility index (Phi) is 6.21. The fraction of sp³-hybridized carbons (Fsp3) is 0.261. The van der Waals surface area contributed by atoms with Crippen molar-refractivity contribution in [2.75, 3.05) is 25.6 Å². The Bertz CT molecular complexity index is 1380. The number of nitrogens with zero attached hydrogens (tertiary/aromatic N) is 3. The van der Waals surface area contributed by atoms with Gasteiger partial charge in [-0.2, -0.15) is 0 Å². The molecule has 3 aromatic rings. The Balaban J connectivity index is 1.92.